The van der Waals surface area contributed by atoms with Gasteiger partial charge >= 0.3 is 14.1 Å². The molecule has 0 rings (SSSR count). The second kappa shape index (κ2) is 13.6. The molecule has 0 aliphatic carbocycles. The van der Waals surface area contributed by atoms with Crippen molar-refractivity contribution >= 4 is 55.3 Å². The minimum atomic E-state index is -2.51. The van der Waals surface area contributed by atoms with Gasteiger partial charge in [0.25, 0.3) is 0 Å². The predicted octanol–water partition coefficient (Wildman–Crippen LogP) is 4.78. The van der Waals surface area contributed by atoms with E-state index in [1.807, 2.05) is 20.8 Å². The highest BCUT2D eigenvalue weighted by molar-refractivity contribution is 9.27. The van der Waals surface area contributed by atoms with Crippen molar-refractivity contribution in [3.8, 4) is 0 Å². The highest BCUT2D eigenvalue weighted by Crippen LogP contribution is 2.43. The summed E-state index contributed by atoms with van der Waals surface area (Å²) >= 11 is 0. The van der Waals surface area contributed by atoms with E-state index < -0.39 is 14.1 Å². The van der Waals surface area contributed by atoms with Crippen LogP contribution in [-0.4, -0.2) is 44.8 Å². The number of hydrogen-bond acceptors (Lipinski definition) is 8. The molecule has 0 aromatic rings. The summed E-state index contributed by atoms with van der Waals surface area (Å²) in [5.74, 6) is 0.916. The highest BCUT2D eigenvalue weighted by Gasteiger charge is 2.39. The maximum Gasteiger partial charge on any atom is 0.500 e. The Kier molecular flexibility index (Phi) is 14.3. The van der Waals surface area contributed by atoms with Gasteiger partial charge in [-0.15, -0.1) is 0 Å². The van der Waals surface area contributed by atoms with Gasteiger partial charge in [0.1, 0.15) is 0 Å². The van der Waals surface area contributed by atoms with Gasteiger partial charge in [-0.05, 0) is 46.8 Å². The van der Waals surface area contributed by atoms with E-state index in [1.165, 1.54) is 19.7 Å². The molecule has 0 unspecified atom stereocenters. The summed E-state index contributed by atoms with van der Waals surface area (Å²) in [6.45, 7) is 7.64. The average molecular weight is 379 g/mol. The first-order chi connectivity index (χ1) is 9.60. The van der Waals surface area contributed by atoms with Gasteiger partial charge in [0.15, 0.2) is 0 Å². The van der Waals surface area contributed by atoms with Crippen LogP contribution >= 0.6 is 41.2 Å². The van der Waals surface area contributed by atoms with Crippen LogP contribution in [0.3, 0.4) is 0 Å². The summed E-state index contributed by atoms with van der Waals surface area (Å²) in [6, 6.07) is 0.798. The molecule has 0 atom stereocenters. The lowest BCUT2D eigenvalue weighted by Crippen LogP contribution is -2.46. The number of rotatable bonds is 13. The van der Waals surface area contributed by atoms with E-state index in [0.29, 0.717) is 19.8 Å². The minimum Gasteiger partial charge on any atom is -0.472 e. The molecule has 0 heterocycles. The summed E-state index contributed by atoms with van der Waals surface area (Å²) in [7, 11) is 2.70. The monoisotopic (exact) mass is 378 g/mol. The van der Waals surface area contributed by atoms with Crippen LogP contribution in [0.1, 0.15) is 27.2 Å². The van der Waals surface area contributed by atoms with Crippen LogP contribution < -0.4 is 0 Å². The molecule has 0 saturated carbocycles. The van der Waals surface area contributed by atoms with E-state index in [-0.39, 0.29) is 0 Å². The quantitative estimate of drug-likeness (QED) is 0.277. The van der Waals surface area contributed by atoms with E-state index in [4.69, 9.17) is 18.4 Å². The largest absolute Gasteiger partial charge is 0.500 e. The van der Waals surface area contributed by atoms with Crippen molar-refractivity contribution in [1.82, 2.24) is 0 Å². The Morgan fingerprint density at radius 3 is 2.05 bits per heavy atom. The molecule has 10 heteroatoms. The molecular weight excluding hydrogens is 356 g/mol. The Labute approximate surface area is 137 Å². The molecule has 1 N–H and O–H groups in total. The van der Waals surface area contributed by atoms with Crippen LogP contribution in [-0.2, 0) is 13.3 Å². The van der Waals surface area contributed by atoms with E-state index in [0.717, 1.165) is 29.0 Å². The van der Waals surface area contributed by atoms with Crippen LogP contribution in [0.15, 0.2) is 0 Å². The fraction of sp³-hybridized carbons (Fsp3) is 0.900. The van der Waals surface area contributed by atoms with Crippen molar-refractivity contribution in [2.24, 2.45) is 0 Å². The first-order valence-corrected chi connectivity index (χ1v) is 13.3. The average Bonchev–Trinajstić information content (AvgIpc) is 2.38. The Morgan fingerprint density at radius 2 is 1.60 bits per heavy atom. The molecule has 0 bridgehead atoms. The first kappa shape index (κ1) is 21.0. The van der Waals surface area contributed by atoms with Gasteiger partial charge in [-0.3, -0.25) is 0 Å². The zero-order chi connectivity index (χ0) is 15.3. The summed E-state index contributed by atoms with van der Waals surface area (Å²) in [5, 5.41) is 7.61. The second-order valence-electron chi connectivity index (χ2n) is 3.39. The molecule has 0 fully saturated rings. The van der Waals surface area contributed by atoms with E-state index >= 15 is 0 Å². The molecule has 5 nitrogen and oxygen atoms in total. The van der Waals surface area contributed by atoms with Gasteiger partial charge in [0.05, 0.1) is 0 Å². The Hall–Kier alpha value is 0.967. The minimum absolute atomic E-state index is 0.596. The summed E-state index contributed by atoms with van der Waals surface area (Å²) < 4.78 is 17.3. The zero-order valence-electron chi connectivity index (χ0n) is 12.0. The molecule has 120 valence electrons. The topological polar surface area (TPSA) is 65.0 Å². The van der Waals surface area contributed by atoms with E-state index in [1.54, 1.807) is 10.8 Å². The number of hydrogen-bond donors (Lipinski definition) is 1. The molecule has 0 aromatic heterocycles. The third kappa shape index (κ3) is 10.7. The number of carboxylic acid groups (broad SMARTS) is 1. The van der Waals surface area contributed by atoms with Gasteiger partial charge in [-0.1, -0.05) is 10.8 Å². The maximum atomic E-state index is 10.3. The first-order valence-electron chi connectivity index (χ1n) is 6.37. The fourth-order valence-corrected chi connectivity index (χ4v) is 9.25. The normalized spacial score (nSPS) is 11.8. The SMILES string of the molecule is CCO[Si](CCCSSSSC(=O)O)(OCC)OCC. The van der Waals surface area contributed by atoms with Crippen LogP contribution in [0.4, 0.5) is 4.79 Å². The van der Waals surface area contributed by atoms with Gasteiger partial charge in [0, 0.05) is 42.4 Å². The molecule has 20 heavy (non-hydrogen) atoms. The van der Waals surface area contributed by atoms with Gasteiger partial charge in [-0.25, -0.2) is 4.79 Å². The van der Waals surface area contributed by atoms with Crippen LogP contribution in [0.25, 0.3) is 0 Å². The molecule has 0 aromatic carbocycles. The molecule has 0 aliphatic heterocycles. The molecule has 0 saturated heterocycles. The lowest BCUT2D eigenvalue weighted by atomic mass is 10.6. The van der Waals surface area contributed by atoms with Crippen LogP contribution in [0.5, 0.6) is 0 Å². The third-order valence-electron chi connectivity index (χ3n) is 1.98. The van der Waals surface area contributed by atoms with Crippen molar-refractivity contribution in [3.05, 3.63) is 0 Å². The lowest BCUT2D eigenvalue weighted by Gasteiger charge is -2.28. The second-order valence-corrected chi connectivity index (χ2v) is 12.0. The molecule has 0 amide bonds. The number of carbonyl (C=O) groups is 1. The maximum absolute atomic E-state index is 10.3. The van der Waals surface area contributed by atoms with Crippen molar-refractivity contribution in [2.75, 3.05) is 25.6 Å². The summed E-state index contributed by atoms with van der Waals surface area (Å²) in [6.07, 6.45) is 0.933. The summed E-state index contributed by atoms with van der Waals surface area (Å²) in [5.41, 5.74) is 0. The smallest absolute Gasteiger partial charge is 0.472 e. The molecule has 0 spiro atoms. The predicted molar refractivity (Wildman–Crippen MR) is 93.3 cm³/mol. The van der Waals surface area contributed by atoms with Gasteiger partial charge < -0.3 is 18.4 Å². The van der Waals surface area contributed by atoms with Crippen molar-refractivity contribution in [1.29, 1.82) is 0 Å². The van der Waals surface area contributed by atoms with Crippen molar-refractivity contribution in [3.63, 3.8) is 0 Å². The Morgan fingerprint density at radius 1 is 1.05 bits per heavy atom. The van der Waals surface area contributed by atoms with E-state index in [9.17, 15) is 4.79 Å². The fourth-order valence-electron chi connectivity index (χ4n) is 1.45. The Balaban J connectivity index is 3.91. The molecule has 0 aliphatic rings. The highest BCUT2D eigenvalue weighted by atomic mass is 33.7. The van der Waals surface area contributed by atoms with Crippen molar-refractivity contribution in [2.45, 2.75) is 33.2 Å². The Bertz CT molecular complexity index is 243. The van der Waals surface area contributed by atoms with Crippen molar-refractivity contribution < 1.29 is 23.2 Å². The van der Waals surface area contributed by atoms with Gasteiger partial charge in [-0.2, -0.15) is 0 Å². The molecule has 0 radical (unpaired) electrons. The third-order valence-corrected chi connectivity index (χ3v) is 11.0. The standard InChI is InChI=1S/C10H22O5S4Si/c1-4-13-20(14-5-2,15-6-3)9-7-8-16-18-19-17-10(11)12/h4-9H2,1-3H3,(H,11,12). The lowest BCUT2D eigenvalue weighted by molar-refractivity contribution is 0.0712. The summed E-state index contributed by atoms with van der Waals surface area (Å²) in [4.78, 5) is 10.3. The molecular formula is C10H22O5S4Si. The zero-order valence-corrected chi connectivity index (χ0v) is 16.2. The van der Waals surface area contributed by atoms with Gasteiger partial charge in [0.2, 0.25) is 0 Å². The van der Waals surface area contributed by atoms with E-state index in [2.05, 4.69) is 0 Å². The van der Waals surface area contributed by atoms with Crippen LogP contribution in [0.2, 0.25) is 6.04 Å². The van der Waals surface area contributed by atoms with Crippen LogP contribution in [0, 0.1) is 0 Å².